The van der Waals surface area contributed by atoms with Gasteiger partial charge < -0.3 is 4.57 Å². The van der Waals surface area contributed by atoms with E-state index in [4.69, 9.17) is 0 Å². The van der Waals surface area contributed by atoms with E-state index in [1.807, 2.05) is 34.9 Å². The number of benzene rings is 1. The van der Waals surface area contributed by atoms with Crippen LogP contribution in [0, 0.1) is 0 Å². The van der Waals surface area contributed by atoms with Gasteiger partial charge in [-0.25, -0.2) is 0 Å². The van der Waals surface area contributed by atoms with Crippen LogP contribution in [0.1, 0.15) is 5.56 Å². The van der Waals surface area contributed by atoms with E-state index in [1.54, 1.807) is 0 Å². The molecule has 0 aliphatic rings. The lowest BCUT2D eigenvalue weighted by Gasteiger charge is -2.05. The Labute approximate surface area is 101 Å². The van der Waals surface area contributed by atoms with Gasteiger partial charge >= 0.3 is 5.56 Å². The highest BCUT2D eigenvalue weighted by atomic mass is 32.1. The van der Waals surface area contributed by atoms with Crippen molar-refractivity contribution in [3.8, 4) is 0 Å². The zero-order valence-electron chi connectivity index (χ0n) is 8.78. The molecule has 0 aliphatic heterocycles. The van der Waals surface area contributed by atoms with Crippen molar-refractivity contribution in [2.24, 2.45) is 0 Å². The molecule has 1 aromatic carbocycles. The van der Waals surface area contributed by atoms with Crippen molar-refractivity contribution >= 4 is 21.9 Å². The van der Waals surface area contributed by atoms with Crippen molar-refractivity contribution in [2.45, 2.75) is 6.54 Å². The van der Waals surface area contributed by atoms with Crippen molar-refractivity contribution in [2.75, 3.05) is 0 Å². The predicted octanol–water partition coefficient (Wildman–Crippen LogP) is 1.30. The molecule has 0 atom stereocenters. The average Bonchev–Trinajstić information content (AvgIpc) is 2.84. The van der Waals surface area contributed by atoms with Gasteiger partial charge in [-0.15, -0.1) is 5.10 Å². The van der Waals surface area contributed by atoms with E-state index in [9.17, 15) is 4.79 Å². The van der Waals surface area contributed by atoms with Crippen LogP contribution in [0.5, 0.6) is 0 Å². The second kappa shape index (κ2) is 4.06. The molecule has 0 unspecified atom stereocenters. The molecule has 3 aromatic rings. The molecule has 3 rings (SSSR count). The van der Waals surface area contributed by atoms with Crippen LogP contribution in [0.3, 0.4) is 0 Å². The minimum Gasteiger partial charge on any atom is -0.316 e. The van der Waals surface area contributed by atoms with Gasteiger partial charge in [0.1, 0.15) is 6.33 Å². The van der Waals surface area contributed by atoms with E-state index < -0.39 is 0 Å². The monoisotopic (exact) mass is 244 g/mol. The number of fused-ring (bicyclic) bond motifs is 1. The lowest BCUT2D eigenvalue weighted by molar-refractivity contribution is 0.802. The van der Waals surface area contributed by atoms with Crippen LogP contribution < -0.4 is 5.56 Å². The predicted molar refractivity (Wildman–Crippen MR) is 65.0 cm³/mol. The van der Waals surface area contributed by atoms with Crippen LogP contribution in [-0.4, -0.2) is 19.1 Å². The molecule has 0 bridgehead atoms. The largest absolute Gasteiger partial charge is 0.316 e. The summed E-state index contributed by atoms with van der Waals surface area (Å²) >= 11 is 1.21. The summed E-state index contributed by atoms with van der Waals surface area (Å²) < 4.78 is 5.68. The molecule has 2 aromatic heterocycles. The third-order valence-corrected chi connectivity index (χ3v) is 3.21. The number of hydrogen-bond donors (Lipinski definition) is 0. The molecule has 0 radical (unpaired) electrons. The van der Waals surface area contributed by atoms with Crippen molar-refractivity contribution in [1.29, 1.82) is 0 Å². The summed E-state index contributed by atoms with van der Waals surface area (Å²) in [6.45, 7) is 0.661. The minimum absolute atomic E-state index is 0.321. The lowest BCUT2D eigenvalue weighted by atomic mass is 10.2. The fraction of sp³-hybridized carbons (Fsp3) is 0.0909. The van der Waals surface area contributed by atoms with Crippen LogP contribution in [-0.2, 0) is 6.54 Å². The van der Waals surface area contributed by atoms with Crippen LogP contribution in [0.2, 0.25) is 0 Å². The first-order valence-corrected chi connectivity index (χ1v) is 5.83. The van der Waals surface area contributed by atoms with E-state index in [1.165, 1.54) is 17.9 Å². The summed E-state index contributed by atoms with van der Waals surface area (Å²) in [5.41, 5.74) is 1.17. The van der Waals surface area contributed by atoms with E-state index in [0.717, 1.165) is 10.4 Å². The van der Waals surface area contributed by atoms with Crippen molar-refractivity contribution in [1.82, 2.24) is 19.1 Å². The van der Waals surface area contributed by atoms with Gasteiger partial charge in [0.05, 0.1) is 0 Å². The number of nitrogens with zero attached hydrogens (tertiary/aromatic N) is 4. The first kappa shape index (κ1) is 10.1. The topological polar surface area (TPSA) is 60.7 Å². The third kappa shape index (κ3) is 1.83. The molecule has 6 heteroatoms. The molecule has 0 spiro atoms. The summed E-state index contributed by atoms with van der Waals surface area (Å²) in [5.74, 6) is 0. The van der Waals surface area contributed by atoms with E-state index in [-0.39, 0.29) is 5.56 Å². The fourth-order valence-electron chi connectivity index (χ4n) is 1.64. The van der Waals surface area contributed by atoms with Gasteiger partial charge in [0.25, 0.3) is 0 Å². The average molecular weight is 244 g/mol. The molecule has 0 saturated heterocycles. The van der Waals surface area contributed by atoms with Crippen LogP contribution >= 0.6 is 11.5 Å². The van der Waals surface area contributed by atoms with Crippen LogP contribution in [0.4, 0.5) is 0 Å². The second-order valence-electron chi connectivity index (χ2n) is 3.59. The van der Waals surface area contributed by atoms with Crippen molar-refractivity contribution < 1.29 is 0 Å². The normalized spacial score (nSPS) is 10.8. The Hall–Kier alpha value is -2.08. The Morgan fingerprint density at radius 1 is 1.24 bits per heavy atom. The highest BCUT2D eigenvalue weighted by molar-refractivity contribution is 7.12. The molecule has 2 heterocycles. The highest BCUT2D eigenvalue weighted by Gasteiger charge is 2.08. The third-order valence-electron chi connectivity index (χ3n) is 2.44. The Bertz CT molecular complexity index is 704. The van der Waals surface area contributed by atoms with Gasteiger partial charge in [-0.05, 0) is 5.56 Å². The maximum Gasteiger partial charge on any atom is 0.302 e. The zero-order valence-corrected chi connectivity index (χ0v) is 9.59. The van der Waals surface area contributed by atoms with Crippen molar-refractivity contribution in [3.05, 3.63) is 52.6 Å². The fourth-order valence-corrected chi connectivity index (χ4v) is 2.27. The summed E-state index contributed by atoms with van der Waals surface area (Å²) in [4.78, 5) is 16.0. The number of aromatic nitrogens is 4. The van der Waals surface area contributed by atoms with Gasteiger partial charge in [0.2, 0.25) is 0 Å². The summed E-state index contributed by atoms with van der Waals surface area (Å²) in [7, 11) is 0. The number of rotatable bonds is 2. The molecule has 0 saturated carbocycles. The Morgan fingerprint density at radius 3 is 2.88 bits per heavy atom. The van der Waals surface area contributed by atoms with Crippen LogP contribution in [0.15, 0.2) is 41.5 Å². The molecular formula is C11H8N4OS. The van der Waals surface area contributed by atoms with Gasteiger partial charge in [-0.2, -0.15) is 4.98 Å². The zero-order chi connectivity index (χ0) is 11.7. The smallest absolute Gasteiger partial charge is 0.302 e. The standard InChI is InChI=1S/C11H8N4OS/c16-10-9-11(17-14-13-9)15(7-12-10)6-8-4-2-1-3-5-8/h1-5,7H,6H2. The van der Waals surface area contributed by atoms with Crippen molar-refractivity contribution in [3.63, 3.8) is 0 Å². The molecule has 0 amide bonds. The first-order valence-electron chi connectivity index (χ1n) is 5.06. The second-order valence-corrected chi connectivity index (χ2v) is 4.32. The summed E-state index contributed by atoms with van der Waals surface area (Å²) in [5, 5.41) is 3.79. The first-order chi connectivity index (χ1) is 8.34. The lowest BCUT2D eigenvalue weighted by Crippen LogP contribution is -2.12. The molecule has 84 valence electrons. The molecule has 0 fully saturated rings. The van der Waals surface area contributed by atoms with E-state index in [0.29, 0.717) is 12.1 Å². The molecule has 17 heavy (non-hydrogen) atoms. The SMILES string of the molecule is O=c1ncn(Cc2ccccc2)c2snnc12. The van der Waals surface area contributed by atoms with Crippen LogP contribution in [0.25, 0.3) is 10.3 Å². The molecule has 5 nitrogen and oxygen atoms in total. The minimum atomic E-state index is -0.321. The van der Waals surface area contributed by atoms with E-state index in [2.05, 4.69) is 14.6 Å². The Balaban J connectivity index is 2.10. The summed E-state index contributed by atoms with van der Waals surface area (Å²) in [6.07, 6.45) is 1.54. The number of hydrogen-bond acceptors (Lipinski definition) is 5. The van der Waals surface area contributed by atoms with Gasteiger partial charge in [0.15, 0.2) is 10.3 Å². The van der Waals surface area contributed by atoms with Gasteiger partial charge in [0, 0.05) is 18.1 Å². The maximum atomic E-state index is 11.4. The molecular weight excluding hydrogens is 236 g/mol. The summed E-state index contributed by atoms with van der Waals surface area (Å²) in [6, 6.07) is 9.98. The van der Waals surface area contributed by atoms with E-state index >= 15 is 0 Å². The highest BCUT2D eigenvalue weighted by Crippen LogP contribution is 2.12. The molecule has 0 aliphatic carbocycles. The maximum absolute atomic E-state index is 11.4. The Kier molecular flexibility index (Phi) is 2.41. The Morgan fingerprint density at radius 2 is 2.06 bits per heavy atom. The quantitative estimate of drug-likeness (QED) is 0.681. The molecule has 0 N–H and O–H groups in total. The van der Waals surface area contributed by atoms with Gasteiger partial charge in [-0.1, -0.05) is 34.8 Å². The van der Waals surface area contributed by atoms with Gasteiger partial charge in [-0.3, -0.25) is 4.79 Å².